The summed E-state index contributed by atoms with van der Waals surface area (Å²) in [5.41, 5.74) is 1.97. The van der Waals surface area contributed by atoms with Crippen molar-refractivity contribution in [3.8, 4) is 5.75 Å². The van der Waals surface area contributed by atoms with Crippen LogP contribution in [0.2, 0.25) is 0 Å². The minimum absolute atomic E-state index is 0.0767. The van der Waals surface area contributed by atoms with Crippen LogP contribution in [-0.2, 0) is 9.59 Å². The highest BCUT2D eigenvalue weighted by molar-refractivity contribution is 5.96. The van der Waals surface area contributed by atoms with Crippen molar-refractivity contribution in [2.75, 3.05) is 24.4 Å². The average molecular weight is 422 g/mol. The van der Waals surface area contributed by atoms with Crippen LogP contribution in [0.3, 0.4) is 0 Å². The first-order chi connectivity index (χ1) is 14.9. The molecule has 0 atom stereocenters. The Bertz CT molecular complexity index is 1150. The molecule has 1 amide bonds. The van der Waals surface area contributed by atoms with E-state index in [0.29, 0.717) is 29.1 Å². The molecule has 2 aromatic carbocycles. The number of nitrogens with one attached hydrogen (secondary N) is 1. The maximum Gasteiger partial charge on any atom is 0.338 e. The second-order valence-electron chi connectivity index (χ2n) is 7.23. The monoisotopic (exact) mass is 422 g/mol. The fraction of sp³-hybridized carbons (Fsp3) is 0.292. The third-order valence-electron chi connectivity index (χ3n) is 4.99. The standard InChI is InChI=1S/C24H26N2O5/c1-4-7-17(27)11-13-23(28)25-19-14-16(10-12-22(19)30-3)26(2)20-15-24(29)31-21-9-6-5-8-18(20)21/h5-6,8-10,12,14-15H,4,7,11,13H2,1-3H3,(H,25,28). The second kappa shape index (κ2) is 9.93. The maximum atomic E-state index is 12.4. The lowest BCUT2D eigenvalue weighted by Gasteiger charge is -2.22. The summed E-state index contributed by atoms with van der Waals surface area (Å²) >= 11 is 0. The summed E-state index contributed by atoms with van der Waals surface area (Å²) in [4.78, 5) is 38.0. The van der Waals surface area contributed by atoms with Crippen LogP contribution in [0.25, 0.3) is 11.0 Å². The highest BCUT2D eigenvalue weighted by Crippen LogP contribution is 2.34. The number of nitrogens with zero attached hydrogens (tertiary/aromatic N) is 1. The van der Waals surface area contributed by atoms with Gasteiger partial charge in [-0.25, -0.2) is 4.79 Å². The van der Waals surface area contributed by atoms with Crippen LogP contribution in [-0.4, -0.2) is 25.8 Å². The topological polar surface area (TPSA) is 88.9 Å². The highest BCUT2D eigenvalue weighted by atomic mass is 16.5. The third-order valence-corrected chi connectivity index (χ3v) is 4.99. The van der Waals surface area contributed by atoms with Gasteiger partial charge in [0.05, 0.1) is 18.5 Å². The Kier molecular flexibility index (Phi) is 7.07. The number of amides is 1. The van der Waals surface area contributed by atoms with Gasteiger partial charge in [-0.2, -0.15) is 0 Å². The molecule has 3 rings (SSSR count). The zero-order chi connectivity index (χ0) is 22.4. The van der Waals surface area contributed by atoms with Gasteiger partial charge in [0.15, 0.2) is 0 Å². The molecule has 0 aliphatic heterocycles. The number of hydrogen-bond donors (Lipinski definition) is 1. The number of methoxy groups -OCH3 is 1. The molecule has 7 heteroatoms. The number of anilines is 3. The van der Waals surface area contributed by atoms with E-state index >= 15 is 0 Å². The van der Waals surface area contributed by atoms with Gasteiger partial charge in [0.25, 0.3) is 0 Å². The highest BCUT2D eigenvalue weighted by Gasteiger charge is 2.15. The van der Waals surface area contributed by atoms with Crippen molar-refractivity contribution < 1.29 is 18.7 Å². The molecule has 3 aromatic rings. The molecule has 0 aliphatic rings. The summed E-state index contributed by atoms with van der Waals surface area (Å²) in [5.74, 6) is 0.323. The van der Waals surface area contributed by atoms with Crippen LogP contribution < -0.4 is 20.6 Å². The van der Waals surface area contributed by atoms with Gasteiger partial charge in [0.2, 0.25) is 5.91 Å². The summed E-state index contributed by atoms with van der Waals surface area (Å²) in [5, 5.41) is 3.62. The Balaban J connectivity index is 1.87. The average Bonchev–Trinajstić information content (AvgIpc) is 2.76. The van der Waals surface area contributed by atoms with Gasteiger partial charge in [0.1, 0.15) is 17.1 Å². The number of ketones is 1. The molecular weight excluding hydrogens is 396 g/mol. The number of para-hydroxylation sites is 1. The van der Waals surface area contributed by atoms with Crippen molar-refractivity contribution in [1.29, 1.82) is 0 Å². The molecule has 0 saturated carbocycles. The minimum Gasteiger partial charge on any atom is -0.495 e. The summed E-state index contributed by atoms with van der Waals surface area (Å²) in [6.07, 6.45) is 1.59. The number of rotatable bonds is 9. The van der Waals surface area contributed by atoms with E-state index in [1.807, 2.05) is 37.1 Å². The van der Waals surface area contributed by atoms with Gasteiger partial charge in [-0.3, -0.25) is 9.59 Å². The SMILES string of the molecule is CCCC(=O)CCC(=O)Nc1cc(N(C)c2cc(=O)oc3ccccc23)ccc1OC. The number of hydrogen-bond acceptors (Lipinski definition) is 6. The van der Waals surface area contributed by atoms with Gasteiger partial charge in [0, 0.05) is 43.5 Å². The molecule has 0 saturated heterocycles. The molecule has 0 fully saturated rings. The lowest BCUT2D eigenvalue weighted by molar-refractivity contribution is -0.122. The van der Waals surface area contributed by atoms with Gasteiger partial charge >= 0.3 is 5.63 Å². The van der Waals surface area contributed by atoms with E-state index in [9.17, 15) is 14.4 Å². The first kappa shape index (κ1) is 22.1. The Morgan fingerprint density at radius 3 is 2.58 bits per heavy atom. The van der Waals surface area contributed by atoms with E-state index in [0.717, 1.165) is 17.5 Å². The van der Waals surface area contributed by atoms with Crippen molar-refractivity contribution in [2.45, 2.75) is 32.6 Å². The molecule has 1 aromatic heterocycles. The molecule has 7 nitrogen and oxygen atoms in total. The predicted molar refractivity (Wildman–Crippen MR) is 121 cm³/mol. The first-order valence-corrected chi connectivity index (χ1v) is 10.2. The quantitative estimate of drug-likeness (QED) is 0.505. The van der Waals surface area contributed by atoms with E-state index in [2.05, 4.69) is 5.32 Å². The van der Waals surface area contributed by atoms with E-state index in [-0.39, 0.29) is 24.5 Å². The molecule has 0 radical (unpaired) electrons. The van der Waals surface area contributed by atoms with Crippen molar-refractivity contribution in [3.63, 3.8) is 0 Å². The minimum atomic E-state index is -0.445. The molecule has 0 unspecified atom stereocenters. The zero-order valence-corrected chi connectivity index (χ0v) is 17.9. The largest absolute Gasteiger partial charge is 0.495 e. The normalized spacial score (nSPS) is 10.7. The summed E-state index contributed by atoms with van der Waals surface area (Å²) in [7, 11) is 3.35. The smallest absolute Gasteiger partial charge is 0.338 e. The van der Waals surface area contributed by atoms with E-state index < -0.39 is 5.63 Å². The molecule has 0 bridgehead atoms. The number of ether oxygens (including phenoxy) is 1. The van der Waals surface area contributed by atoms with Crippen LogP contribution in [0.4, 0.5) is 17.1 Å². The zero-order valence-electron chi connectivity index (χ0n) is 17.9. The predicted octanol–water partition coefficient (Wildman–Crippen LogP) is 4.66. The molecule has 1 N–H and O–H groups in total. The molecule has 31 heavy (non-hydrogen) atoms. The number of carbonyl (C=O) groups excluding carboxylic acids is 2. The third kappa shape index (κ3) is 5.31. The Hall–Kier alpha value is -3.61. The van der Waals surface area contributed by atoms with Crippen molar-refractivity contribution in [3.05, 3.63) is 59.0 Å². The van der Waals surface area contributed by atoms with E-state index in [1.165, 1.54) is 13.2 Å². The number of benzene rings is 2. The van der Waals surface area contributed by atoms with Gasteiger partial charge < -0.3 is 19.4 Å². The molecule has 162 valence electrons. The molecule has 0 spiro atoms. The number of Topliss-reactive ketones (excluding diaryl/α,β-unsaturated/α-hetero) is 1. The van der Waals surface area contributed by atoms with Crippen molar-refractivity contribution >= 4 is 39.7 Å². The number of carbonyl (C=O) groups is 2. The molecular formula is C24H26N2O5. The lowest BCUT2D eigenvalue weighted by atomic mass is 10.1. The van der Waals surface area contributed by atoms with Gasteiger partial charge in [-0.05, 0) is 36.8 Å². The fourth-order valence-corrected chi connectivity index (χ4v) is 3.38. The van der Waals surface area contributed by atoms with Crippen LogP contribution in [0.1, 0.15) is 32.6 Å². The Labute approximate surface area is 180 Å². The second-order valence-corrected chi connectivity index (χ2v) is 7.23. The van der Waals surface area contributed by atoms with E-state index in [1.54, 1.807) is 24.3 Å². The summed E-state index contributed by atoms with van der Waals surface area (Å²) in [6.45, 7) is 1.94. The fourth-order valence-electron chi connectivity index (χ4n) is 3.38. The van der Waals surface area contributed by atoms with Crippen LogP contribution in [0.5, 0.6) is 5.75 Å². The van der Waals surface area contributed by atoms with Crippen LogP contribution in [0.15, 0.2) is 57.7 Å². The number of fused-ring (bicyclic) bond motifs is 1. The van der Waals surface area contributed by atoms with E-state index in [4.69, 9.17) is 9.15 Å². The van der Waals surface area contributed by atoms with Crippen LogP contribution >= 0.6 is 0 Å². The van der Waals surface area contributed by atoms with Gasteiger partial charge in [-0.15, -0.1) is 0 Å². The molecule has 1 heterocycles. The summed E-state index contributed by atoms with van der Waals surface area (Å²) in [6, 6.07) is 14.1. The van der Waals surface area contributed by atoms with Crippen molar-refractivity contribution in [2.24, 2.45) is 0 Å². The lowest BCUT2D eigenvalue weighted by Crippen LogP contribution is -2.16. The van der Waals surface area contributed by atoms with Gasteiger partial charge in [-0.1, -0.05) is 19.1 Å². The summed E-state index contributed by atoms with van der Waals surface area (Å²) < 4.78 is 10.7. The molecule has 0 aliphatic carbocycles. The van der Waals surface area contributed by atoms with Crippen LogP contribution in [0, 0.1) is 0 Å². The Morgan fingerprint density at radius 2 is 1.84 bits per heavy atom. The first-order valence-electron chi connectivity index (χ1n) is 10.2. The van der Waals surface area contributed by atoms with Crippen molar-refractivity contribution in [1.82, 2.24) is 0 Å². The maximum absolute atomic E-state index is 12.4. The Morgan fingerprint density at radius 1 is 1.06 bits per heavy atom.